The number of nitrogens with zero attached hydrogens (tertiary/aromatic N) is 2. The van der Waals surface area contributed by atoms with E-state index in [1.807, 2.05) is 6.26 Å². The fraction of sp³-hybridized carbons (Fsp3) is 0.556. The molecule has 0 aliphatic carbocycles. The van der Waals surface area contributed by atoms with Crippen LogP contribution in [0.2, 0.25) is 0 Å². The standard InChI is InChI=1S/C9H13N3S/c1-9(2,13-3)7-12-6-8(4-10)5-11/h6,12H,7H2,1-3H3. The van der Waals surface area contributed by atoms with E-state index in [9.17, 15) is 0 Å². The van der Waals surface area contributed by atoms with Crippen LogP contribution >= 0.6 is 11.8 Å². The molecule has 70 valence electrons. The predicted octanol–water partition coefficient (Wildman–Crippen LogP) is 1.65. The van der Waals surface area contributed by atoms with Crippen molar-refractivity contribution in [1.82, 2.24) is 5.32 Å². The van der Waals surface area contributed by atoms with Crippen LogP contribution in [0.4, 0.5) is 0 Å². The molecule has 0 atom stereocenters. The average molecular weight is 195 g/mol. The van der Waals surface area contributed by atoms with E-state index in [2.05, 4.69) is 19.2 Å². The number of thioether (sulfide) groups is 1. The Bertz CT molecular complexity index is 252. The molecule has 0 saturated heterocycles. The van der Waals surface area contributed by atoms with Gasteiger partial charge in [-0.15, -0.1) is 0 Å². The van der Waals surface area contributed by atoms with Crippen molar-refractivity contribution in [1.29, 1.82) is 10.5 Å². The Hall–Kier alpha value is -1.13. The number of hydrogen-bond acceptors (Lipinski definition) is 4. The van der Waals surface area contributed by atoms with Crippen molar-refractivity contribution in [3.05, 3.63) is 11.8 Å². The van der Waals surface area contributed by atoms with Crippen molar-refractivity contribution in [3.8, 4) is 12.1 Å². The highest BCUT2D eigenvalue weighted by Crippen LogP contribution is 2.19. The molecule has 0 rings (SSSR count). The molecule has 0 unspecified atom stereocenters. The lowest BCUT2D eigenvalue weighted by atomic mass is 10.2. The van der Waals surface area contributed by atoms with E-state index in [4.69, 9.17) is 10.5 Å². The van der Waals surface area contributed by atoms with Gasteiger partial charge in [-0.25, -0.2) is 0 Å². The number of nitriles is 2. The first-order valence-electron chi connectivity index (χ1n) is 3.84. The van der Waals surface area contributed by atoms with Gasteiger partial charge in [0.1, 0.15) is 17.7 Å². The van der Waals surface area contributed by atoms with E-state index in [-0.39, 0.29) is 10.3 Å². The summed E-state index contributed by atoms with van der Waals surface area (Å²) in [7, 11) is 0. The van der Waals surface area contributed by atoms with Crippen molar-refractivity contribution in [2.75, 3.05) is 12.8 Å². The molecule has 0 aromatic heterocycles. The zero-order valence-electron chi connectivity index (χ0n) is 8.09. The minimum absolute atomic E-state index is 0.108. The lowest BCUT2D eigenvalue weighted by Gasteiger charge is -2.21. The number of allylic oxidation sites excluding steroid dienone is 1. The zero-order valence-corrected chi connectivity index (χ0v) is 8.90. The molecule has 3 nitrogen and oxygen atoms in total. The smallest absolute Gasteiger partial charge is 0.145 e. The minimum atomic E-state index is 0.108. The Morgan fingerprint density at radius 2 is 2.00 bits per heavy atom. The van der Waals surface area contributed by atoms with Crippen LogP contribution in [0.15, 0.2) is 11.8 Å². The summed E-state index contributed by atoms with van der Waals surface area (Å²) < 4.78 is 0.118. The molecule has 13 heavy (non-hydrogen) atoms. The van der Waals surface area contributed by atoms with Crippen molar-refractivity contribution >= 4 is 11.8 Å². The Labute approximate surface area is 83.4 Å². The minimum Gasteiger partial charge on any atom is -0.388 e. The highest BCUT2D eigenvalue weighted by molar-refractivity contribution is 7.99. The van der Waals surface area contributed by atoms with Gasteiger partial charge in [0, 0.05) is 17.5 Å². The molecule has 0 aliphatic rings. The third-order valence-corrected chi connectivity index (χ3v) is 2.82. The lowest BCUT2D eigenvalue weighted by Crippen LogP contribution is -2.28. The van der Waals surface area contributed by atoms with E-state index in [0.29, 0.717) is 0 Å². The summed E-state index contributed by atoms with van der Waals surface area (Å²) in [5.74, 6) is 0. The molecule has 0 heterocycles. The molecular weight excluding hydrogens is 182 g/mol. The van der Waals surface area contributed by atoms with E-state index in [0.717, 1.165) is 6.54 Å². The van der Waals surface area contributed by atoms with Gasteiger partial charge in [-0.2, -0.15) is 22.3 Å². The van der Waals surface area contributed by atoms with Gasteiger partial charge in [0.15, 0.2) is 0 Å². The second-order valence-electron chi connectivity index (χ2n) is 3.13. The molecule has 0 aromatic rings. The second-order valence-corrected chi connectivity index (χ2v) is 4.64. The Kier molecular flexibility index (Phi) is 5.03. The second kappa shape index (κ2) is 5.50. The van der Waals surface area contributed by atoms with Gasteiger partial charge < -0.3 is 5.32 Å². The highest BCUT2D eigenvalue weighted by atomic mass is 32.2. The summed E-state index contributed by atoms with van der Waals surface area (Å²) in [6, 6.07) is 3.57. The Morgan fingerprint density at radius 1 is 1.46 bits per heavy atom. The first kappa shape index (κ1) is 11.9. The SMILES string of the molecule is CSC(C)(C)CNC=C(C#N)C#N. The van der Waals surface area contributed by atoms with Crippen LogP contribution in [0, 0.1) is 22.7 Å². The largest absolute Gasteiger partial charge is 0.388 e. The maximum Gasteiger partial charge on any atom is 0.145 e. The molecule has 4 heteroatoms. The molecular formula is C9H13N3S. The normalized spacial score (nSPS) is 9.62. The molecule has 0 fully saturated rings. The number of hydrogen-bond donors (Lipinski definition) is 1. The summed E-state index contributed by atoms with van der Waals surface area (Å²) in [6.07, 6.45) is 3.48. The van der Waals surface area contributed by atoms with Crippen LogP contribution in [0.3, 0.4) is 0 Å². The first-order valence-corrected chi connectivity index (χ1v) is 5.07. The van der Waals surface area contributed by atoms with Crippen molar-refractivity contribution in [3.63, 3.8) is 0 Å². The van der Waals surface area contributed by atoms with Gasteiger partial charge in [0.2, 0.25) is 0 Å². The van der Waals surface area contributed by atoms with E-state index in [1.54, 1.807) is 23.9 Å². The van der Waals surface area contributed by atoms with Crippen molar-refractivity contribution in [2.24, 2.45) is 0 Å². The van der Waals surface area contributed by atoms with Crippen LogP contribution in [0.25, 0.3) is 0 Å². The van der Waals surface area contributed by atoms with Gasteiger partial charge in [-0.3, -0.25) is 0 Å². The maximum atomic E-state index is 8.43. The van der Waals surface area contributed by atoms with E-state index in [1.165, 1.54) is 6.20 Å². The predicted molar refractivity (Wildman–Crippen MR) is 54.9 cm³/mol. The topological polar surface area (TPSA) is 59.6 Å². The first-order chi connectivity index (χ1) is 6.05. The summed E-state index contributed by atoms with van der Waals surface area (Å²) in [5, 5.41) is 19.8. The van der Waals surface area contributed by atoms with Crippen LogP contribution in [0.1, 0.15) is 13.8 Å². The molecule has 0 saturated carbocycles. The van der Waals surface area contributed by atoms with E-state index < -0.39 is 0 Å². The molecule has 0 aliphatic heterocycles. The van der Waals surface area contributed by atoms with Crippen LogP contribution in [0.5, 0.6) is 0 Å². The zero-order chi connectivity index (χ0) is 10.3. The summed E-state index contributed by atoms with van der Waals surface area (Å²) in [5.41, 5.74) is 0.108. The molecule has 0 aromatic carbocycles. The summed E-state index contributed by atoms with van der Waals surface area (Å²) in [6.45, 7) is 4.93. The molecule has 0 spiro atoms. The molecule has 1 N–H and O–H groups in total. The fourth-order valence-corrected chi connectivity index (χ4v) is 0.788. The van der Waals surface area contributed by atoms with Crippen LogP contribution in [-0.2, 0) is 0 Å². The third-order valence-electron chi connectivity index (χ3n) is 1.57. The van der Waals surface area contributed by atoms with Crippen LogP contribution < -0.4 is 5.32 Å². The van der Waals surface area contributed by atoms with Crippen molar-refractivity contribution in [2.45, 2.75) is 18.6 Å². The van der Waals surface area contributed by atoms with Gasteiger partial charge in [-0.1, -0.05) is 0 Å². The van der Waals surface area contributed by atoms with Gasteiger partial charge >= 0.3 is 0 Å². The molecule has 0 amide bonds. The fourth-order valence-electron chi connectivity index (χ4n) is 0.561. The Balaban J connectivity index is 4.01. The van der Waals surface area contributed by atoms with Gasteiger partial charge in [0.05, 0.1) is 0 Å². The van der Waals surface area contributed by atoms with Crippen molar-refractivity contribution < 1.29 is 0 Å². The highest BCUT2D eigenvalue weighted by Gasteiger charge is 2.14. The quantitative estimate of drug-likeness (QED) is 0.693. The molecule has 0 radical (unpaired) electrons. The maximum absolute atomic E-state index is 8.43. The summed E-state index contributed by atoms with van der Waals surface area (Å²) >= 11 is 1.74. The molecule has 0 bridgehead atoms. The van der Waals surface area contributed by atoms with Gasteiger partial charge in [-0.05, 0) is 20.1 Å². The average Bonchev–Trinajstić information content (AvgIpc) is 2.12. The lowest BCUT2D eigenvalue weighted by molar-refractivity contribution is 0.662. The Morgan fingerprint density at radius 3 is 2.38 bits per heavy atom. The third kappa shape index (κ3) is 5.16. The summed E-state index contributed by atoms with van der Waals surface area (Å²) in [4.78, 5) is 0. The van der Waals surface area contributed by atoms with Gasteiger partial charge in [0.25, 0.3) is 0 Å². The van der Waals surface area contributed by atoms with Crippen LogP contribution in [-0.4, -0.2) is 17.5 Å². The monoisotopic (exact) mass is 195 g/mol. The van der Waals surface area contributed by atoms with E-state index >= 15 is 0 Å². The number of rotatable bonds is 4. The number of nitrogens with one attached hydrogen (secondary N) is 1.